The van der Waals surface area contributed by atoms with Crippen LogP contribution < -0.4 is 0 Å². The molecule has 0 amide bonds. The standard InChI is InChI=1S/C12H21NO/c1-11(2)4-3-9-14-10-12(5-6-12)7-8-13/h11H,3-7,9-10H2,1-2H3. The monoisotopic (exact) mass is 195 g/mol. The number of ether oxygens (including phenoxy) is 1. The molecule has 0 saturated heterocycles. The summed E-state index contributed by atoms with van der Waals surface area (Å²) in [6.07, 6.45) is 5.44. The highest BCUT2D eigenvalue weighted by molar-refractivity contribution is 4.99. The van der Waals surface area contributed by atoms with Crippen LogP contribution >= 0.6 is 0 Å². The third-order valence-corrected chi connectivity index (χ3v) is 2.89. The summed E-state index contributed by atoms with van der Waals surface area (Å²) < 4.78 is 5.61. The molecule has 0 aromatic heterocycles. The largest absolute Gasteiger partial charge is 0.381 e. The van der Waals surface area contributed by atoms with E-state index in [4.69, 9.17) is 10.00 Å². The third kappa shape index (κ3) is 4.11. The first-order chi connectivity index (χ1) is 6.68. The highest BCUT2D eigenvalue weighted by atomic mass is 16.5. The first-order valence-corrected chi connectivity index (χ1v) is 5.63. The number of nitriles is 1. The lowest BCUT2D eigenvalue weighted by atomic mass is 10.1. The van der Waals surface area contributed by atoms with Crippen molar-refractivity contribution in [2.75, 3.05) is 13.2 Å². The Hall–Kier alpha value is -0.550. The van der Waals surface area contributed by atoms with Crippen molar-refractivity contribution >= 4 is 0 Å². The van der Waals surface area contributed by atoms with Crippen molar-refractivity contribution in [3.05, 3.63) is 0 Å². The molecule has 0 aromatic carbocycles. The number of rotatable bonds is 7. The van der Waals surface area contributed by atoms with Crippen LogP contribution in [0.25, 0.3) is 0 Å². The minimum Gasteiger partial charge on any atom is -0.381 e. The molecule has 0 heterocycles. The van der Waals surface area contributed by atoms with E-state index in [0.29, 0.717) is 6.42 Å². The smallest absolute Gasteiger partial charge is 0.0628 e. The molecule has 1 fully saturated rings. The average Bonchev–Trinajstić information content (AvgIpc) is 2.85. The van der Waals surface area contributed by atoms with Gasteiger partial charge < -0.3 is 4.74 Å². The van der Waals surface area contributed by atoms with Gasteiger partial charge >= 0.3 is 0 Å². The molecule has 1 aliphatic carbocycles. The molecule has 0 N–H and O–H groups in total. The van der Waals surface area contributed by atoms with Gasteiger partial charge in [0.1, 0.15) is 0 Å². The Bertz CT molecular complexity index is 201. The zero-order chi connectivity index (χ0) is 10.4. The zero-order valence-electron chi connectivity index (χ0n) is 9.38. The van der Waals surface area contributed by atoms with Crippen LogP contribution in [0.4, 0.5) is 0 Å². The average molecular weight is 195 g/mol. The molecule has 0 aromatic rings. The van der Waals surface area contributed by atoms with E-state index in [2.05, 4.69) is 19.9 Å². The quantitative estimate of drug-likeness (QED) is 0.585. The fourth-order valence-electron chi connectivity index (χ4n) is 1.60. The highest BCUT2D eigenvalue weighted by Gasteiger charge is 2.42. The SMILES string of the molecule is CC(C)CCCOCC1(CC#N)CC1. The van der Waals surface area contributed by atoms with Crippen LogP contribution in [0, 0.1) is 22.7 Å². The van der Waals surface area contributed by atoms with Crippen LogP contribution in [0.5, 0.6) is 0 Å². The predicted octanol–water partition coefficient (Wildman–Crippen LogP) is 3.13. The van der Waals surface area contributed by atoms with Gasteiger partial charge in [-0.05, 0) is 31.6 Å². The molecular weight excluding hydrogens is 174 g/mol. The topological polar surface area (TPSA) is 33.0 Å². The van der Waals surface area contributed by atoms with Gasteiger partial charge in [-0.3, -0.25) is 0 Å². The molecule has 14 heavy (non-hydrogen) atoms. The van der Waals surface area contributed by atoms with Crippen LogP contribution in [-0.4, -0.2) is 13.2 Å². The molecule has 2 nitrogen and oxygen atoms in total. The van der Waals surface area contributed by atoms with Gasteiger partial charge in [0, 0.05) is 18.4 Å². The molecule has 2 heteroatoms. The van der Waals surface area contributed by atoms with Crippen LogP contribution in [-0.2, 0) is 4.74 Å². The van der Waals surface area contributed by atoms with Gasteiger partial charge in [-0.1, -0.05) is 13.8 Å². The minimum atomic E-state index is 0.257. The lowest BCUT2D eigenvalue weighted by molar-refractivity contribution is 0.0871. The molecular formula is C12H21NO. The van der Waals surface area contributed by atoms with E-state index in [1.54, 1.807) is 0 Å². The van der Waals surface area contributed by atoms with E-state index >= 15 is 0 Å². The second-order valence-electron chi connectivity index (χ2n) is 4.92. The molecule has 0 unspecified atom stereocenters. The Labute approximate surface area is 87.3 Å². The molecule has 0 aliphatic heterocycles. The fourth-order valence-corrected chi connectivity index (χ4v) is 1.60. The summed E-state index contributed by atoms with van der Waals surface area (Å²) in [6, 6.07) is 2.25. The Morgan fingerprint density at radius 1 is 1.43 bits per heavy atom. The third-order valence-electron chi connectivity index (χ3n) is 2.89. The van der Waals surface area contributed by atoms with E-state index in [-0.39, 0.29) is 5.41 Å². The maximum absolute atomic E-state index is 8.61. The normalized spacial score (nSPS) is 18.1. The fraction of sp³-hybridized carbons (Fsp3) is 0.917. The van der Waals surface area contributed by atoms with Gasteiger partial charge in [-0.25, -0.2) is 0 Å². The Morgan fingerprint density at radius 2 is 2.14 bits per heavy atom. The van der Waals surface area contributed by atoms with Crippen molar-refractivity contribution in [3.8, 4) is 6.07 Å². The van der Waals surface area contributed by atoms with E-state index < -0.39 is 0 Å². The Morgan fingerprint density at radius 3 is 2.64 bits per heavy atom. The summed E-state index contributed by atoms with van der Waals surface area (Å²) in [5.74, 6) is 0.771. The molecule has 0 bridgehead atoms. The number of nitrogens with zero attached hydrogens (tertiary/aromatic N) is 1. The number of hydrogen-bond donors (Lipinski definition) is 0. The van der Waals surface area contributed by atoms with E-state index in [1.165, 1.54) is 19.3 Å². The van der Waals surface area contributed by atoms with Gasteiger partial charge in [0.05, 0.1) is 12.7 Å². The molecule has 1 aliphatic rings. The molecule has 0 radical (unpaired) electrons. The maximum atomic E-state index is 8.61. The van der Waals surface area contributed by atoms with Gasteiger partial charge in [-0.15, -0.1) is 0 Å². The van der Waals surface area contributed by atoms with Crippen molar-refractivity contribution in [3.63, 3.8) is 0 Å². The van der Waals surface area contributed by atoms with Crippen molar-refractivity contribution in [2.24, 2.45) is 11.3 Å². The van der Waals surface area contributed by atoms with Crippen LogP contribution in [0.15, 0.2) is 0 Å². The summed E-state index contributed by atoms with van der Waals surface area (Å²) in [7, 11) is 0. The molecule has 0 spiro atoms. The summed E-state index contributed by atoms with van der Waals surface area (Å²) in [5, 5.41) is 8.61. The molecule has 0 atom stereocenters. The number of hydrogen-bond acceptors (Lipinski definition) is 2. The van der Waals surface area contributed by atoms with Gasteiger partial charge in [0.2, 0.25) is 0 Å². The van der Waals surface area contributed by atoms with Crippen LogP contribution in [0.2, 0.25) is 0 Å². The van der Waals surface area contributed by atoms with Gasteiger partial charge in [-0.2, -0.15) is 5.26 Å². The lowest BCUT2D eigenvalue weighted by Crippen LogP contribution is -2.10. The Kier molecular flexibility index (Phi) is 4.41. The van der Waals surface area contributed by atoms with Crippen molar-refractivity contribution in [2.45, 2.75) is 46.0 Å². The van der Waals surface area contributed by atoms with Crippen molar-refractivity contribution in [1.29, 1.82) is 5.26 Å². The summed E-state index contributed by atoms with van der Waals surface area (Å²) in [5.41, 5.74) is 0.257. The van der Waals surface area contributed by atoms with Crippen molar-refractivity contribution in [1.82, 2.24) is 0 Å². The van der Waals surface area contributed by atoms with Gasteiger partial charge in [0.15, 0.2) is 0 Å². The summed E-state index contributed by atoms with van der Waals surface area (Å²) >= 11 is 0. The summed E-state index contributed by atoms with van der Waals surface area (Å²) in [6.45, 7) is 6.14. The molecule has 1 rings (SSSR count). The minimum absolute atomic E-state index is 0.257. The Balaban J connectivity index is 1.97. The highest BCUT2D eigenvalue weighted by Crippen LogP contribution is 2.48. The van der Waals surface area contributed by atoms with Gasteiger partial charge in [0.25, 0.3) is 0 Å². The lowest BCUT2D eigenvalue weighted by Gasteiger charge is -2.11. The first-order valence-electron chi connectivity index (χ1n) is 5.63. The maximum Gasteiger partial charge on any atom is 0.0628 e. The van der Waals surface area contributed by atoms with Crippen molar-refractivity contribution < 1.29 is 4.74 Å². The van der Waals surface area contributed by atoms with E-state index in [9.17, 15) is 0 Å². The second-order valence-corrected chi connectivity index (χ2v) is 4.92. The molecule has 1 saturated carbocycles. The van der Waals surface area contributed by atoms with E-state index in [0.717, 1.165) is 25.6 Å². The predicted molar refractivity (Wildman–Crippen MR) is 56.8 cm³/mol. The summed E-state index contributed by atoms with van der Waals surface area (Å²) in [4.78, 5) is 0. The van der Waals surface area contributed by atoms with E-state index in [1.807, 2.05) is 0 Å². The zero-order valence-corrected chi connectivity index (χ0v) is 9.38. The van der Waals surface area contributed by atoms with Crippen LogP contribution in [0.1, 0.15) is 46.0 Å². The first kappa shape index (κ1) is 11.5. The van der Waals surface area contributed by atoms with Crippen LogP contribution in [0.3, 0.4) is 0 Å². The molecule has 80 valence electrons. The second kappa shape index (κ2) is 5.36.